The van der Waals surface area contributed by atoms with Crippen molar-refractivity contribution in [3.63, 3.8) is 0 Å². The molecule has 1 aliphatic carbocycles. The Morgan fingerprint density at radius 2 is 2.04 bits per heavy atom. The number of likely N-dealkylation sites (tertiary alicyclic amines) is 1. The second-order valence-electron chi connectivity index (χ2n) is 8.00. The summed E-state index contributed by atoms with van der Waals surface area (Å²) in [6.45, 7) is 3.35. The van der Waals surface area contributed by atoms with Gasteiger partial charge in [-0.25, -0.2) is 9.48 Å². The minimum atomic E-state index is -0.364. The molecule has 1 amide bonds. The number of piperidine rings is 1. The van der Waals surface area contributed by atoms with Crippen LogP contribution in [0.1, 0.15) is 48.7 Å². The molecule has 3 heterocycles. The van der Waals surface area contributed by atoms with E-state index in [4.69, 9.17) is 0 Å². The summed E-state index contributed by atoms with van der Waals surface area (Å²) in [6.07, 6.45) is 4.70. The van der Waals surface area contributed by atoms with Gasteiger partial charge in [-0.2, -0.15) is 5.10 Å². The van der Waals surface area contributed by atoms with Crippen LogP contribution in [0.4, 0.5) is 0 Å². The van der Waals surface area contributed by atoms with Crippen molar-refractivity contribution < 1.29 is 4.79 Å². The highest BCUT2D eigenvalue weighted by Gasteiger charge is 2.50. The lowest BCUT2D eigenvalue weighted by Gasteiger charge is -2.28. The van der Waals surface area contributed by atoms with E-state index in [2.05, 4.69) is 5.10 Å². The van der Waals surface area contributed by atoms with E-state index in [0.717, 1.165) is 50.0 Å². The molecule has 0 spiro atoms. The summed E-state index contributed by atoms with van der Waals surface area (Å²) in [5, 5.41) is 4.55. The van der Waals surface area contributed by atoms with E-state index < -0.39 is 0 Å². The van der Waals surface area contributed by atoms with E-state index in [9.17, 15) is 9.59 Å². The molecule has 2 fully saturated rings. The second kappa shape index (κ2) is 5.83. The van der Waals surface area contributed by atoms with Crippen molar-refractivity contribution in [1.82, 2.24) is 19.2 Å². The Labute approximate surface area is 152 Å². The van der Waals surface area contributed by atoms with Gasteiger partial charge in [0.2, 0.25) is 5.91 Å². The maximum absolute atomic E-state index is 13.1. The number of benzene rings is 1. The van der Waals surface area contributed by atoms with Crippen molar-refractivity contribution in [3.05, 3.63) is 51.7 Å². The summed E-state index contributed by atoms with van der Waals surface area (Å²) in [5.41, 5.74) is 2.10. The highest BCUT2D eigenvalue weighted by molar-refractivity contribution is 5.81. The van der Waals surface area contributed by atoms with Gasteiger partial charge in [0.05, 0.1) is 6.54 Å². The summed E-state index contributed by atoms with van der Waals surface area (Å²) in [5.74, 6) is 1.61. The lowest BCUT2D eigenvalue weighted by Crippen LogP contribution is -2.42. The molecule has 2 aliphatic heterocycles. The van der Waals surface area contributed by atoms with E-state index in [0.29, 0.717) is 18.5 Å². The van der Waals surface area contributed by atoms with Gasteiger partial charge >= 0.3 is 5.69 Å². The molecule has 0 bridgehead atoms. The third-order valence-corrected chi connectivity index (χ3v) is 6.18. The third-order valence-electron chi connectivity index (χ3n) is 6.18. The molecule has 0 radical (unpaired) electrons. The normalized spacial score (nSPS) is 26.5. The topological polar surface area (TPSA) is 60.1 Å². The first-order valence-corrected chi connectivity index (χ1v) is 9.66. The van der Waals surface area contributed by atoms with Crippen LogP contribution in [-0.2, 0) is 17.8 Å². The van der Waals surface area contributed by atoms with Crippen LogP contribution in [0.15, 0.2) is 29.1 Å². The van der Waals surface area contributed by atoms with Crippen LogP contribution < -0.4 is 5.69 Å². The molecule has 1 aromatic carbocycles. The van der Waals surface area contributed by atoms with Gasteiger partial charge in [-0.15, -0.1) is 0 Å². The number of aryl methyl sites for hydroxylation is 2. The number of aromatic nitrogens is 3. The van der Waals surface area contributed by atoms with Crippen LogP contribution in [0.3, 0.4) is 0 Å². The van der Waals surface area contributed by atoms with Gasteiger partial charge in [-0.05, 0) is 44.1 Å². The molecule has 3 aliphatic rings. The number of rotatable bonds is 3. The van der Waals surface area contributed by atoms with Gasteiger partial charge in [-0.1, -0.05) is 29.8 Å². The van der Waals surface area contributed by atoms with Gasteiger partial charge in [0.25, 0.3) is 0 Å². The molecule has 0 N–H and O–H groups in total. The Morgan fingerprint density at radius 3 is 2.73 bits per heavy atom. The first kappa shape index (κ1) is 15.9. The molecular weight excluding hydrogens is 328 g/mol. The molecule has 5 rings (SSSR count). The summed E-state index contributed by atoms with van der Waals surface area (Å²) < 4.78 is 3.20. The fourth-order valence-electron chi connectivity index (χ4n) is 4.59. The van der Waals surface area contributed by atoms with Gasteiger partial charge in [0.15, 0.2) is 0 Å². The first-order chi connectivity index (χ1) is 12.6. The summed E-state index contributed by atoms with van der Waals surface area (Å²) >= 11 is 0. The Bertz CT molecular complexity index is 911. The number of nitrogens with zero attached hydrogens (tertiary/aromatic N) is 4. The molecule has 0 unspecified atom stereocenters. The smallest absolute Gasteiger partial charge is 0.338 e. The van der Waals surface area contributed by atoms with Crippen molar-refractivity contribution in [2.24, 2.45) is 5.92 Å². The number of hydrogen-bond donors (Lipinski definition) is 0. The number of fused-ring (bicyclic) bond motifs is 2. The van der Waals surface area contributed by atoms with Crippen LogP contribution in [0.2, 0.25) is 0 Å². The van der Waals surface area contributed by atoms with Gasteiger partial charge < -0.3 is 4.90 Å². The predicted molar refractivity (Wildman–Crippen MR) is 97.0 cm³/mol. The lowest BCUT2D eigenvalue weighted by atomic mass is 10.0. The highest BCUT2D eigenvalue weighted by atomic mass is 16.2. The van der Waals surface area contributed by atoms with Crippen molar-refractivity contribution in [1.29, 1.82) is 0 Å². The zero-order valence-corrected chi connectivity index (χ0v) is 15.1. The summed E-state index contributed by atoms with van der Waals surface area (Å²) in [6, 6.07) is 8.22. The Kier molecular flexibility index (Phi) is 3.55. The first-order valence-electron chi connectivity index (χ1n) is 9.66. The Balaban J connectivity index is 1.44. The second-order valence-corrected chi connectivity index (χ2v) is 8.00. The standard InChI is InChI=1S/C20H24N4O2/c1-13-5-7-14(8-6-13)12-23-20(26)24-16(3-2-4-18(24)21-23)19(25)22-10-9-15-11-17(15)22/h5-8,15-17H,2-4,9-12H2,1H3/t15-,16-,17-/m0/s1. The molecule has 2 aromatic rings. The lowest BCUT2D eigenvalue weighted by molar-refractivity contribution is -0.135. The average Bonchev–Trinajstić information content (AvgIpc) is 3.19. The van der Waals surface area contributed by atoms with Gasteiger partial charge in [-0.3, -0.25) is 9.36 Å². The molecule has 136 valence electrons. The van der Waals surface area contributed by atoms with Crippen molar-refractivity contribution >= 4 is 5.91 Å². The Hall–Kier alpha value is -2.37. The number of carbonyl (C=O) groups excluding carboxylic acids is 1. The van der Waals surface area contributed by atoms with Gasteiger partial charge in [0.1, 0.15) is 11.9 Å². The minimum absolute atomic E-state index is 0.132. The van der Waals surface area contributed by atoms with E-state index in [1.165, 1.54) is 10.2 Å². The SMILES string of the molecule is Cc1ccc(Cn2nc3n(c2=O)[C@H](C(=O)N2CC[C@H]4C[C@@H]42)CCC3)cc1. The monoisotopic (exact) mass is 352 g/mol. The van der Waals surface area contributed by atoms with Crippen LogP contribution in [0, 0.1) is 12.8 Å². The fourth-order valence-corrected chi connectivity index (χ4v) is 4.59. The zero-order valence-electron chi connectivity index (χ0n) is 15.1. The maximum Gasteiger partial charge on any atom is 0.346 e. The number of hydrogen-bond acceptors (Lipinski definition) is 3. The van der Waals surface area contributed by atoms with E-state index in [1.54, 1.807) is 4.57 Å². The number of amides is 1. The average molecular weight is 352 g/mol. The Morgan fingerprint density at radius 1 is 1.23 bits per heavy atom. The highest BCUT2D eigenvalue weighted by Crippen LogP contribution is 2.45. The van der Waals surface area contributed by atoms with Gasteiger partial charge in [0, 0.05) is 19.0 Å². The van der Waals surface area contributed by atoms with E-state index in [-0.39, 0.29) is 17.6 Å². The largest absolute Gasteiger partial charge is 0.346 e. The molecule has 6 nitrogen and oxygen atoms in total. The van der Waals surface area contributed by atoms with Crippen LogP contribution in [0.25, 0.3) is 0 Å². The third kappa shape index (κ3) is 2.50. The molecule has 1 aromatic heterocycles. The molecule has 1 saturated carbocycles. The van der Waals surface area contributed by atoms with E-state index in [1.807, 2.05) is 36.1 Å². The molecular formula is C20H24N4O2. The number of carbonyl (C=O) groups is 1. The molecule has 3 atom stereocenters. The van der Waals surface area contributed by atoms with Crippen LogP contribution in [-0.4, -0.2) is 37.7 Å². The maximum atomic E-state index is 13.1. The quantitative estimate of drug-likeness (QED) is 0.848. The van der Waals surface area contributed by atoms with Crippen LogP contribution >= 0.6 is 0 Å². The summed E-state index contributed by atoms with van der Waals surface area (Å²) in [7, 11) is 0. The van der Waals surface area contributed by atoms with E-state index >= 15 is 0 Å². The predicted octanol–water partition coefficient (Wildman–Crippen LogP) is 1.90. The zero-order chi connectivity index (χ0) is 17.8. The van der Waals surface area contributed by atoms with Crippen molar-refractivity contribution in [2.75, 3.05) is 6.54 Å². The fraction of sp³-hybridized carbons (Fsp3) is 0.550. The van der Waals surface area contributed by atoms with Crippen molar-refractivity contribution in [3.8, 4) is 0 Å². The molecule has 6 heteroatoms. The summed E-state index contributed by atoms with van der Waals surface area (Å²) in [4.78, 5) is 28.1. The van der Waals surface area contributed by atoms with Crippen molar-refractivity contribution in [2.45, 2.75) is 57.7 Å². The molecule has 26 heavy (non-hydrogen) atoms. The van der Waals surface area contributed by atoms with Crippen LogP contribution in [0.5, 0.6) is 0 Å². The molecule has 1 saturated heterocycles. The minimum Gasteiger partial charge on any atom is -0.338 e.